The van der Waals surface area contributed by atoms with Crippen molar-refractivity contribution in [1.29, 1.82) is 0 Å². The van der Waals surface area contributed by atoms with Gasteiger partial charge < -0.3 is 0 Å². The van der Waals surface area contributed by atoms with Gasteiger partial charge >= 0.3 is 10.3 Å². The molecule has 0 aliphatic carbocycles. The minimum absolute atomic E-state index is 0.121. The van der Waals surface area contributed by atoms with Crippen molar-refractivity contribution in [3.05, 3.63) is 36.5 Å². The number of anilines is 1. The van der Waals surface area contributed by atoms with Gasteiger partial charge in [0.1, 0.15) is 5.82 Å². The first kappa shape index (κ1) is 9.88. The van der Waals surface area contributed by atoms with Crippen molar-refractivity contribution in [2.24, 2.45) is 0 Å². The fourth-order valence-corrected chi connectivity index (χ4v) is 1.73. The standard InChI is InChI=1S/C9H8N2O3S/c12-15(13,14)11-9-8-4-2-1-3-7(8)5-6-10-9/h1-6H,(H,10,11)(H,12,13,14). The molecule has 0 bridgehead atoms. The van der Waals surface area contributed by atoms with E-state index in [4.69, 9.17) is 4.55 Å². The van der Waals surface area contributed by atoms with Crippen LogP contribution in [0.2, 0.25) is 0 Å². The van der Waals surface area contributed by atoms with Crippen LogP contribution in [0.3, 0.4) is 0 Å². The van der Waals surface area contributed by atoms with Crippen LogP contribution < -0.4 is 4.72 Å². The molecule has 1 aromatic heterocycles. The average molecular weight is 224 g/mol. The number of aromatic nitrogens is 1. The molecule has 0 aliphatic rings. The third kappa shape index (κ3) is 2.23. The zero-order chi connectivity index (χ0) is 10.9. The van der Waals surface area contributed by atoms with E-state index in [1.165, 1.54) is 6.20 Å². The number of fused-ring (bicyclic) bond motifs is 1. The van der Waals surface area contributed by atoms with Gasteiger partial charge in [0.2, 0.25) is 0 Å². The Morgan fingerprint density at radius 2 is 1.93 bits per heavy atom. The minimum atomic E-state index is -4.28. The van der Waals surface area contributed by atoms with E-state index in [9.17, 15) is 8.42 Å². The van der Waals surface area contributed by atoms with Crippen molar-refractivity contribution in [2.75, 3.05) is 4.72 Å². The number of hydrogen-bond donors (Lipinski definition) is 2. The molecule has 15 heavy (non-hydrogen) atoms. The molecule has 1 heterocycles. The van der Waals surface area contributed by atoms with E-state index in [-0.39, 0.29) is 5.82 Å². The molecule has 2 rings (SSSR count). The van der Waals surface area contributed by atoms with Crippen molar-refractivity contribution >= 4 is 26.9 Å². The lowest BCUT2D eigenvalue weighted by atomic mass is 10.2. The highest BCUT2D eigenvalue weighted by Crippen LogP contribution is 2.20. The highest BCUT2D eigenvalue weighted by atomic mass is 32.2. The molecule has 0 aliphatic heterocycles. The first-order valence-electron chi connectivity index (χ1n) is 4.15. The summed E-state index contributed by atoms with van der Waals surface area (Å²) in [6.07, 6.45) is 1.47. The molecule has 1 aromatic carbocycles. The van der Waals surface area contributed by atoms with Crippen LogP contribution in [0.1, 0.15) is 0 Å². The lowest BCUT2D eigenvalue weighted by Crippen LogP contribution is -2.11. The molecule has 0 unspecified atom stereocenters. The number of nitrogens with one attached hydrogen (secondary N) is 1. The van der Waals surface area contributed by atoms with Gasteiger partial charge in [-0.2, -0.15) is 8.42 Å². The molecular weight excluding hydrogens is 216 g/mol. The molecule has 78 valence electrons. The van der Waals surface area contributed by atoms with Gasteiger partial charge in [-0.05, 0) is 11.5 Å². The Morgan fingerprint density at radius 3 is 2.67 bits per heavy atom. The Balaban J connectivity index is 2.61. The molecule has 0 radical (unpaired) electrons. The van der Waals surface area contributed by atoms with Crippen molar-refractivity contribution in [1.82, 2.24) is 4.98 Å². The first-order valence-corrected chi connectivity index (χ1v) is 5.59. The SMILES string of the molecule is O=S(=O)(O)Nc1nccc2ccccc12. The summed E-state index contributed by atoms with van der Waals surface area (Å²) < 4.78 is 31.9. The highest BCUT2D eigenvalue weighted by molar-refractivity contribution is 7.87. The maximum absolute atomic E-state index is 10.6. The second-order valence-electron chi connectivity index (χ2n) is 2.96. The van der Waals surface area contributed by atoms with Gasteiger partial charge in [-0.25, -0.2) is 9.71 Å². The Labute approximate surface area is 86.6 Å². The molecule has 2 N–H and O–H groups in total. The Bertz CT molecular complexity index is 590. The summed E-state index contributed by atoms with van der Waals surface area (Å²) in [5.41, 5.74) is 0. The lowest BCUT2D eigenvalue weighted by molar-refractivity contribution is 0.489. The van der Waals surface area contributed by atoms with Crippen molar-refractivity contribution < 1.29 is 13.0 Å². The van der Waals surface area contributed by atoms with Gasteiger partial charge in [-0.3, -0.25) is 4.55 Å². The molecule has 0 amide bonds. The van der Waals surface area contributed by atoms with Crippen LogP contribution in [-0.4, -0.2) is 18.0 Å². The maximum atomic E-state index is 10.6. The molecule has 0 spiro atoms. The van der Waals surface area contributed by atoms with Crippen molar-refractivity contribution in [3.8, 4) is 0 Å². The Hall–Kier alpha value is -1.66. The quantitative estimate of drug-likeness (QED) is 0.757. The van der Waals surface area contributed by atoms with Crippen LogP contribution in [0.15, 0.2) is 36.5 Å². The number of pyridine rings is 1. The van der Waals surface area contributed by atoms with E-state index < -0.39 is 10.3 Å². The third-order valence-electron chi connectivity index (χ3n) is 1.90. The van der Waals surface area contributed by atoms with E-state index in [0.29, 0.717) is 5.39 Å². The van der Waals surface area contributed by atoms with Gasteiger partial charge in [-0.1, -0.05) is 24.3 Å². The predicted octanol–water partition coefficient (Wildman–Crippen LogP) is 1.45. The number of rotatable bonds is 2. The minimum Gasteiger partial charge on any atom is -0.269 e. The molecule has 6 heteroatoms. The third-order valence-corrected chi connectivity index (χ3v) is 2.35. The first-order chi connectivity index (χ1) is 7.06. The van der Waals surface area contributed by atoms with Crippen LogP contribution in [0.5, 0.6) is 0 Å². The van der Waals surface area contributed by atoms with E-state index in [1.807, 2.05) is 16.9 Å². The predicted molar refractivity (Wildman–Crippen MR) is 56.9 cm³/mol. The maximum Gasteiger partial charge on any atom is 0.358 e. The molecule has 0 saturated carbocycles. The monoisotopic (exact) mass is 224 g/mol. The molecule has 0 saturated heterocycles. The van der Waals surface area contributed by atoms with E-state index in [0.717, 1.165) is 5.39 Å². The fourth-order valence-electron chi connectivity index (χ4n) is 1.32. The van der Waals surface area contributed by atoms with Crippen LogP contribution in [0.25, 0.3) is 10.8 Å². The zero-order valence-corrected chi connectivity index (χ0v) is 8.40. The van der Waals surface area contributed by atoms with Crippen molar-refractivity contribution in [3.63, 3.8) is 0 Å². The van der Waals surface area contributed by atoms with Gasteiger partial charge in [0.15, 0.2) is 0 Å². The molecule has 5 nitrogen and oxygen atoms in total. The Morgan fingerprint density at radius 1 is 1.20 bits per heavy atom. The molecule has 0 atom stereocenters. The smallest absolute Gasteiger partial charge is 0.269 e. The van der Waals surface area contributed by atoms with E-state index in [2.05, 4.69) is 4.98 Å². The summed E-state index contributed by atoms with van der Waals surface area (Å²) in [5.74, 6) is 0.121. The Kier molecular flexibility index (Phi) is 2.29. The van der Waals surface area contributed by atoms with Gasteiger partial charge in [0, 0.05) is 11.6 Å². The zero-order valence-electron chi connectivity index (χ0n) is 7.58. The summed E-state index contributed by atoms with van der Waals surface area (Å²) in [4.78, 5) is 3.84. The summed E-state index contributed by atoms with van der Waals surface area (Å²) in [5, 5.41) is 1.48. The molecule has 2 aromatic rings. The van der Waals surface area contributed by atoms with Crippen molar-refractivity contribution in [2.45, 2.75) is 0 Å². The van der Waals surface area contributed by atoms with E-state index >= 15 is 0 Å². The fraction of sp³-hybridized carbons (Fsp3) is 0. The average Bonchev–Trinajstić information content (AvgIpc) is 2.16. The van der Waals surface area contributed by atoms with Gasteiger partial charge in [0.25, 0.3) is 0 Å². The number of nitrogens with zero attached hydrogens (tertiary/aromatic N) is 1. The van der Waals surface area contributed by atoms with E-state index in [1.54, 1.807) is 18.2 Å². The van der Waals surface area contributed by atoms with Crippen LogP contribution in [-0.2, 0) is 10.3 Å². The topological polar surface area (TPSA) is 79.3 Å². The summed E-state index contributed by atoms with van der Waals surface area (Å²) >= 11 is 0. The van der Waals surface area contributed by atoms with Crippen LogP contribution >= 0.6 is 0 Å². The number of hydrogen-bond acceptors (Lipinski definition) is 3. The van der Waals surface area contributed by atoms with Gasteiger partial charge in [-0.15, -0.1) is 0 Å². The van der Waals surface area contributed by atoms with Gasteiger partial charge in [0.05, 0.1) is 0 Å². The normalized spacial score (nSPS) is 11.5. The summed E-state index contributed by atoms with van der Waals surface area (Å²) in [6, 6.07) is 8.89. The van der Waals surface area contributed by atoms with Crippen LogP contribution in [0.4, 0.5) is 5.82 Å². The van der Waals surface area contributed by atoms with Crippen LogP contribution in [0, 0.1) is 0 Å². The second kappa shape index (κ2) is 3.48. The molecule has 0 fully saturated rings. The largest absolute Gasteiger partial charge is 0.358 e. The number of benzene rings is 1. The summed E-state index contributed by atoms with van der Waals surface area (Å²) in [6.45, 7) is 0. The summed E-state index contributed by atoms with van der Waals surface area (Å²) in [7, 11) is -4.28. The highest BCUT2D eigenvalue weighted by Gasteiger charge is 2.07. The molecular formula is C9H8N2O3S. The second-order valence-corrected chi connectivity index (χ2v) is 4.11. The lowest BCUT2D eigenvalue weighted by Gasteiger charge is -2.04.